The SMILES string of the molecule is CCCC1Cc2cnc3ccc(Br)cc3c2S1. The molecule has 1 atom stereocenters. The van der Waals surface area contributed by atoms with Crippen LogP contribution in [-0.2, 0) is 6.42 Å². The molecule has 0 saturated carbocycles. The Morgan fingerprint density at radius 2 is 2.35 bits per heavy atom. The Kier molecular flexibility index (Phi) is 3.14. The summed E-state index contributed by atoms with van der Waals surface area (Å²) >= 11 is 5.59. The van der Waals surface area contributed by atoms with Crippen LogP contribution < -0.4 is 0 Å². The number of pyridine rings is 1. The van der Waals surface area contributed by atoms with Gasteiger partial charge >= 0.3 is 0 Å². The largest absolute Gasteiger partial charge is 0.256 e. The van der Waals surface area contributed by atoms with E-state index in [1.807, 2.05) is 11.8 Å². The zero-order chi connectivity index (χ0) is 11.8. The lowest BCUT2D eigenvalue weighted by molar-refractivity contribution is 0.743. The third-order valence-electron chi connectivity index (χ3n) is 3.20. The van der Waals surface area contributed by atoms with Crippen molar-refractivity contribution < 1.29 is 0 Å². The molecule has 1 aliphatic rings. The number of nitrogens with zero attached hydrogens (tertiary/aromatic N) is 1. The lowest BCUT2D eigenvalue weighted by Crippen LogP contribution is -1.98. The van der Waals surface area contributed by atoms with E-state index in [2.05, 4.69) is 52.2 Å². The number of fused-ring (bicyclic) bond motifs is 3. The minimum absolute atomic E-state index is 0.751. The molecule has 17 heavy (non-hydrogen) atoms. The van der Waals surface area contributed by atoms with E-state index in [4.69, 9.17) is 0 Å². The smallest absolute Gasteiger partial charge is 0.0714 e. The van der Waals surface area contributed by atoms with Crippen molar-refractivity contribution in [2.75, 3.05) is 0 Å². The fraction of sp³-hybridized carbons (Fsp3) is 0.357. The average Bonchev–Trinajstić information content (AvgIpc) is 2.72. The van der Waals surface area contributed by atoms with Crippen molar-refractivity contribution in [1.29, 1.82) is 0 Å². The highest BCUT2D eigenvalue weighted by Gasteiger charge is 2.23. The van der Waals surface area contributed by atoms with E-state index in [9.17, 15) is 0 Å². The van der Waals surface area contributed by atoms with Crippen LogP contribution in [-0.4, -0.2) is 10.2 Å². The number of halogens is 1. The predicted octanol–water partition coefficient (Wildman–Crippen LogP) is 4.81. The lowest BCUT2D eigenvalue weighted by atomic mass is 10.1. The van der Waals surface area contributed by atoms with Crippen molar-refractivity contribution in [2.45, 2.75) is 36.3 Å². The normalized spacial score (nSPS) is 18.6. The Labute approximate surface area is 114 Å². The summed E-state index contributed by atoms with van der Waals surface area (Å²) in [5, 5.41) is 2.06. The van der Waals surface area contributed by atoms with Gasteiger partial charge in [0.2, 0.25) is 0 Å². The van der Waals surface area contributed by atoms with E-state index in [1.165, 1.54) is 35.1 Å². The van der Waals surface area contributed by atoms with Crippen molar-refractivity contribution in [1.82, 2.24) is 4.98 Å². The molecule has 88 valence electrons. The van der Waals surface area contributed by atoms with Crippen LogP contribution in [0.25, 0.3) is 10.9 Å². The van der Waals surface area contributed by atoms with Crippen LogP contribution in [0.1, 0.15) is 25.3 Å². The van der Waals surface area contributed by atoms with Gasteiger partial charge in [-0.1, -0.05) is 29.3 Å². The van der Waals surface area contributed by atoms with Gasteiger partial charge in [-0.3, -0.25) is 4.98 Å². The molecule has 0 N–H and O–H groups in total. The quantitative estimate of drug-likeness (QED) is 0.789. The topological polar surface area (TPSA) is 12.9 Å². The molecule has 3 heteroatoms. The van der Waals surface area contributed by atoms with Gasteiger partial charge in [-0.05, 0) is 36.6 Å². The molecule has 0 bridgehead atoms. The van der Waals surface area contributed by atoms with E-state index >= 15 is 0 Å². The van der Waals surface area contributed by atoms with Crippen LogP contribution in [0, 0.1) is 0 Å². The first-order valence-electron chi connectivity index (χ1n) is 6.01. The van der Waals surface area contributed by atoms with Gasteiger partial charge in [0.25, 0.3) is 0 Å². The van der Waals surface area contributed by atoms with Crippen LogP contribution in [0.3, 0.4) is 0 Å². The van der Waals surface area contributed by atoms with Crippen molar-refractivity contribution >= 4 is 38.6 Å². The third-order valence-corrected chi connectivity index (χ3v) is 5.14. The average molecular weight is 308 g/mol. The van der Waals surface area contributed by atoms with Crippen molar-refractivity contribution in [3.8, 4) is 0 Å². The Bertz CT molecular complexity index is 567. The molecule has 0 spiro atoms. The highest BCUT2D eigenvalue weighted by atomic mass is 79.9. The second-order valence-corrected chi connectivity index (χ2v) is 6.73. The first-order valence-corrected chi connectivity index (χ1v) is 7.69. The van der Waals surface area contributed by atoms with Crippen LogP contribution in [0.2, 0.25) is 0 Å². The maximum atomic E-state index is 4.55. The van der Waals surface area contributed by atoms with Crippen LogP contribution in [0.5, 0.6) is 0 Å². The summed E-state index contributed by atoms with van der Waals surface area (Å²) in [6, 6.07) is 6.35. The van der Waals surface area contributed by atoms with Gasteiger partial charge in [-0.25, -0.2) is 0 Å². The van der Waals surface area contributed by atoms with E-state index < -0.39 is 0 Å². The standard InChI is InChI=1S/C14H14BrNS/c1-2-3-11-6-9-8-16-13-5-4-10(15)7-12(13)14(9)17-11/h4-5,7-8,11H,2-3,6H2,1H3. The number of rotatable bonds is 2. The molecular weight excluding hydrogens is 294 g/mol. The number of thioether (sulfide) groups is 1. The molecule has 1 aromatic heterocycles. The summed E-state index contributed by atoms with van der Waals surface area (Å²) in [5.41, 5.74) is 2.54. The van der Waals surface area contributed by atoms with E-state index in [0.29, 0.717) is 0 Å². The van der Waals surface area contributed by atoms with Gasteiger partial charge in [0.05, 0.1) is 5.52 Å². The fourth-order valence-electron chi connectivity index (χ4n) is 2.40. The summed E-state index contributed by atoms with van der Waals surface area (Å²) in [4.78, 5) is 6.01. The molecule has 2 heterocycles. The monoisotopic (exact) mass is 307 g/mol. The van der Waals surface area contributed by atoms with Crippen LogP contribution >= 0.6 is 27.7 Å². The number of benzene rings is 1. The van der Waals surface area contributed by atoms with Gasteiger partial charge in [-0.15, -0.1) is 11.8 Å². The van der Waals surface area contributed by atoms with E-state index in [0.717, 1.165) is 15.2 Å². The van der Waals surface area contributed by atoms with Crippen molar-refractivity contribution in [3.63, 3.8) is 0 Å². The Balaban J connectivity index is 2.09. The first-order chi connectivity index (χ1) is 8.28. The molecule has 1 unspecified atom stereocenters. The first kappa shape index (κ1) is 11.5. The highest BCUT2D eigenvalue weighted by Crippen LogP contribution is 2.42. The Morgan fingerprint density at radius 3 is 3.18 bits per heavy atom. The molecule has 1 aromatic carbocycles. The maximum absolute atomic E-state index is 4.55. The molecule has 0 aliphatic carbocycles. The van der Waals surface area contributed by atoms with Gasteiger partial charge in [0.1, 0.15) is 0 Å². The van der Waals surface area contributed by atoms with Crippen LogP contribution in [0.15, 0.2) is 33.8 Å². The molecular formula is C14H14BrNS. The number of hydrogen-bond acceptors (Lipinski definition) is 2. The molecule has 0 fully saturated rings. The summed E-state index contributed by atoms with van der Waals surface area (Å²) in [6.45, 7) is 2.26. The molecule has 3 rings (SSSR count). The lowest BCUT2D eigenvalue weighted by Gasteiger charge is -2.05. The summed E-state index contributed by atoms with van der Waals surface area (Å²) in [5.74, 6) is 0. The predicted molar refractivity (Wildman–Crippen MR) is 77.7 cm³/mol. The van der Waals surface area contributed by atoms with Crippen molar-refractivity contribution in [2.24, 2.45) is 0 Å². The molecule has 2 aromatic rings. The van der Waals surface area contributed by atoms with E-state index in [-0.39, 0.29) is 0 Å². The summed E-state index contributed by atoms with van der Waals surface area (Å²) < 4.78 is 1.14. The van der Waals surface area contributed by atoms with Crippen LogP contribution in [0.4, 0.5) is 0 Å². The zero-order valence-corrected chi connectivity index (χ0v) is 12.1. The second kappa shape index (κ2) is 4.62. The molecule has 1 nitrogen and oxygen atoms in total. The fourth-order valence-corrected chi connectivity index (χ4v) is 4.29. The Morgan fingerprint density at radius 1 is 1.47 bits per heavy atom. The van der Waals surface area contributed by atoms with E-state index in [1.54, 1.807) is 0 Å². The summed E-state index contributed by atoms with van der Waals surface area (Å²) in [7, 11) is 0. The van der Waals surface area contributed by atoms with Gasteiger partial charge in [0, 0.05) is 26.2 Å². The zero-order valence-electron chi connectivity index (χ0n) is 9.74. The minimum Gasteiger partial charge on any atom is -0.256 e. The second-order valence-electron chi connectivity index (χ2n) is 4.51. The van der Waals surface area contributed by atoms with Gasteiger partial charge < -0.3 is 0 Å². The maximum Gasteiger partial charge on any atom is 0.0714 e. The Hall–Kier alpha value is -0.540. The molecule has 0 amide bonds. The number of hydrogen-bond donors (Lipinski definition) is 0. The third kappa shape index (κ3) is 2.11. The summed E-state index contributed by atoms with van der Waals surface area (Å²) in [6.07, 6.45) is 5.81. The molecule has 0 radical (unpaired) electrons. The van der Waals surface area contributed by atoms with Gasteiger partial charge in [0.15, 0.2) is 0 Å². The highest BCUT2D eigenvalue weighted by molar-refractivity contribution is 9.10. The minimum atomic E-state index is 0.751. The van der Waals surface area contributed by atoms with Crippen molar-refractivity contribution in [3.05, 3.63) is 34.4 Å². The number of aromatic nitrogens is 1. The molecule has 0 saturated heterocycles. The van der Waals surface area contributed by atoms with Gasteiger partial charge in [-0.2, -0.15) is 0 Å². The molecule has 1 aliphatic heterocycles.